The van der Waals surface area contributed by atoms with E-state index in [1.54, 1.807) is 50.6 Å². The zero-order valence-electron chi connectivity index (χ0n) is 10.7. The van der Waals surface area contributed by atoms with Crippen LogP contribution in [-0.2, 0) is 0 Å². The minimum absolute atomic E-state index is 0.243. The van der Waals surface area contributed by atoms with Crippen LogP contribution in [0.25, 0.3) is 0 Å². The fraction of sp³-hybridized carbons (Fsp3) is 0.154. The molecule has 0 aliphatic rings. The number of nitrogens with two attached hydrogens (primary N) is 1. The summed E-state index contributed by atoms with van der Waals surface area (Å²) in [7, 11) is 3.26. The first-order valence-corrected chi connectivity index (χ1v) is 5.63. The molecule has 0 spiro atoms. The Kier molecular flexibility index (Phi) is 3.61. The minimum Gasteiger partial charge on any atom is -0.497 e. The Balaban J connectivity index is 2.20. The van der Waals surface area contributed by atoms with Crippen molar-refractivity contribution in [1.29, 1.82) is 0 Å². The molecular weight excluding hydrogens is 244 g/mol. The number of rotatable bonds is 3. The van der Waals surface area contributed by atoms with Gasteiger partial charge in [-0.25, -0.2) is 0 Å². The number of aromatic nitrogens is 2. The van der Waals surface area contributed by atoms with E-state index in [0.717, 1.165) is 11.4 Å². The lowest BCUT2D eigenvalue weighted by Crippen LogP contribution is -2.27. The van der Waals surface area contributed by atoms with Gasteiger partial charge in [0.15, 0.2) is 5.69 Å². The van der Waals surface area contributed by atoms with Crippen LogP contribution in [0.1, 0.15) is 10.5 Å². The maximum absolute atomic E-state index is 12.2. The second kappa shape index (κ2) is 5.34. The molecule has 2 aromatic rings. The zero-order chi connectivity index (χ0) is 13.8. The lowest BCUT2D eigenvalue weighted by Gasteiger charge is -2.16. The van der Waals surface area contributed by atoms with Gasteiger partial charge in [-0.05, 0) is 36.4 Å². The number of benzene rings is 1. The third kappa shape index (κ3) is 2.79. The highest BCUT2D eigenvalue weighted by Crippen LogP contribution is 2.19. The molecule has 0 aliphatic carbocycles. The van der Waals surface area contributed by atoms with Crippen LogP contribution >= 0.6 is 0 Å². The minimum atomic E-state index is -0.252. The third-order valence-corrected chi connectivity index (χ3v) is 2.67. The van der Waals surface area contributed by atoms with Gasteiger partial charge in [0, 0.05) is 12.7 Å². The monoisotopic (exact) mass is 258 g/mol. The number of carbonyl (C=O) groups excluding carboxylic acids is 1. The maximum atomic E-state index is 12.2. The second-order valence-corrected chi connectivity index (χ2v) is 3.91. The van der Waals surface area contributed by atoms with Gasteiger partial charge in [0.2, 0.25) is 0 Å². The molecule has 0 saturated heterocycles. The highest BCUT2D eigenvalue weighted by Gasteiger charge is 2.15. The molecule has 0 radical (unpaired) electrons. The number of amides is 1. The van der Waals surface area contributed by atoms with Crippen molar-refractivity contribution in [3.63, 3.8) is 0 Å². The van der Waals surface area contributed by atoms with Crippen LogP contribution in [0.2, 0.25) is 0 Å². The molecule has 0 atom stereocenters. The first-order valence-electron chi connectivity index (χ1n) is 5.63. The van der Waals surface area contributed by atoms with Crippen molar-refractivity contribution in [2.45, 2.75) is 0 Å². The molecule has 0 unspecified atom stereocenters. The van der Waals surface area contributed by atoms with Gasteiger partial charge in [-0.2, -0.15) is 0 Å². The fourth-order valence-corrected chi connectivity index (χ4v) is 1.55. The second-order valence-electron chi connectivity index (χ2n) is 3.91. The van der Waals surface area contributed by atoms with E-state index in [2.05, 4.69) is 10.2 Å². The van der Waals surface area contributed by atoms with Gasteiger partial charge in [-0.1, -0.05) is 0 Å². The van der Waals surface area contributed by atoms with Crippen LogP contribution in [-0.4, -0.2) is 30.3 Å². The van der Waals surface area contributed by atoms with Crippen LogP contribution in [0.4, 0.5) is 11.5 Å². The number of carbonyl (C=O) groups is 1. The van der Waals surface area contributed by atoms with Gasteiger partial charge in [0.25, 0.3) is 5.91 Å². The molecule has 19 heavy (non-hydrogen) atoms. The average molecular weight is 258 g/mol. The Morgan fingerprint density at radius 1 is 1.16 bits per heavy atom. The Morgan fingerprint density at radius 3 is 2.37 bits per heavy atom. The van der Waals surface area contributed by atoms with E-state index in [1.165, 1.54) is 4.90 Å². The highest BCUT2D eigenvalue weighted by atomic mass is 16.5. The normalized spacial score (nSPS) is 10.0. The number of hydrogen-bond donors (Lipinski definition) is 1. The number of nitrogen functional groups attached to an aromatic ring is 1. The van der Waals surface area contributed by atoms with Gasteiger partial charge >= 0.3 is 0 Å². The van der Waals surface area contributed by atoms with E-state index in [9.17, 15) is 4.79 Å². The summed E-state index contributed by atoms with van der Waals surface area (Å²) in [4.78, 5) is 13.6. The lowest BCUT2D eigenvalue weighted by atomic mass is 10.2. The van der Waals surface area contributed by atoms with Crippen molar-refractivity contribution in [3.8, 4) is 5.75 Å². The molecular formula is C13H14N4O2. The number of nitrogens with zero attached hydrogens (tertiary/aromatic N) is 3. The van der Waals surface area contributed by atoms with Gasteiger partial charge in [0.1, 0.15) is 11.6 Å². The fourth-order valence-electron chi connectivity index (χ4n) is 1.55. The molecule has 0 aliphatic heterocycles. The van der Waals surface area contributed by atoms with Crippen LogP contribution in [0.15, 0.2) is 36.4 Å². The molecule has 2 rings (SSSR count). The van der Waals surface area contributed by atoms with E-state index in [0.29, 0.717) is 0 Å². The third-order valence-electron chi connectivity index (χ3n) is 2.67. The number of methoxy groups -OCH3 is 1. The Hall–Kier alpha value is -2.63. The molecule has 1 amide bonds. The molecule has 1 heterocycles. The van der Waals surface area contributed by atoms with Gasteiger partial charge in [0.05, 0.1) is 7.11 Å². The molecule has 1 aromatic heterocycles. The molecule has 0 saturated carbocycles. The summed E-state index contributed by atoms with van der Waals surface area (Å²) in [6.07, 6.45) is 0. The Morgan fingerprint density at radius 2 is 1.84 bits per heavy atom. The number of anilines is 2. The van der Waals surface area contributed by atoms with E-state index in [4.69, 9.17) is 10.5 Å². The largest absolute Gasteiger partial charge is 0.497 e. The first kappa shape index (κ1) is 12.8. The predicted octanol–water partition coefficient (Wildman–Crippen LogP) is 1.34. The van der Waals surface area contributed by atoms with Crippen LogP contribution < -0.4 is 15.4 Å². The molecule has 0 bridgehead atoms. The van der Waals surface area contributed by atoms with Crippen molar-refractivity contribution >= 4 is 17.4 Å². The summed E-state index contributed by atoms with van der Waals surface area (Å²) in [6.45, 7) is 0. The smallest absolute Gasteiger partial charge is 0.278 e. The zero-order valence-corrected chi connectivity index (χ0v) is 10.7. The van der Waals surface area contributed by atoms with Crippen molar-refractivity contribution < 1.29 is 9.53 Å². The summed E-state index contributed by atoms with van der Waals surface area (Å²) >= 11 is 0. The number of ether oxygens (including phenoxy) is 1. The Labute approximate surface area is 110 Å². The van der Waals surface area contributed by atoms with E-state index in [-0.39, 0.29) is 17.4 Å². The Bertz CT molecular complexity index is 566. The van der Waals surface area contributed by atoms with Crippen LogP contribution in [0.5, 0.6) is 5.75 Å². The predicted molar refractivity (Wildman–Crippen MR) is 72.2 cm³/mol. The first-order chi connectivity index (χ1) is 9.11. The topological polar surface area (TPSA) is 81.3 Å². The molecule has 0 fully saturated rings. The van der Waals surface area contributed by atoms with Crippen LogP contribution in [0.3, 0.4) is 0 Å². The van der Waals surface area contributed by atoms with Crippen molar-refractivity contribution in [2.24, 2.45) is 0 Å². The summed E-state index contributed by atoms with van der Waals surface area (Å²) in [5.41, 5.74) is 6.42. The maximum Gasteiger partial charge on any atom is 0.278 e. The quantitative estimate of drug-likeness (QED) is 0.898. The van der Waals surface area contributed by atoms with E-state index < -0.39 is 0 Å². The van der Waals surface area contributed by atoms with Crippen molar-refractivity contribution in [3.05, 3.63) is 42.1 Å². The molecule has 6 nitrogen and oxygen atoms in total. The van der Waals surface area contributed by atoms with Crippen LogP contribution in [0, 0.1) is 0 Å². The molecule has 98 valence electrons. The van der Waals surface area contributed by atoms with Crippen molar-refractivity contribution in [1.82, 2.24) is 10.2 Å². The standard InChI is InChI=1S/C13H14N4O2/c1-17(9-3-5-10(19-2)6-4-9)13(18)11-7-8-12(14)16-15-11/h3-8H,1-2H3,(H2,14,16). The van der Waals surface area contributed by atoms with E-state index in [1.807, 2.05) is 0 Å². The summed E-state index contributed by atoms with van der Waals surface area (Å²) in [5, 5.41) is 7.43. The highest BCUT2D eigenvalue weighted by molar-refractivity contribution is 6.04. The number of hydrogen-bond acceptors (Lipinski definition) is 5. The van der Waals surface area contributed by atoms with Gasteiger partial charge in [-0.3, -0.25) is 4.79 Å². The molecule has 6 heteroatoms. The lowest BCUT2D eigenvalue weighted by molar-refractivity contribution is 0.0987. The van der Waals surface area contributed by atoms with Gasteiger partial charge < -0.3 is 15.4 Å². The average Bonchev–Trinajstić information content (AvgIpc) is 2.46. The SMILES string of the molecule is COc1ccc(N(C)C(=O)c2ccc(N)nn2)cc1. The van der Waals surface area contributed by atoms with Crippen molar-refractivity contribution in [2.75, 3.05) is 24.8 Å². The summed E-state index contributed by atoms with van der Waals surface area (Å²) in [6, 6.07) is 10.2. The van der Waals surface area contributed by atoms with E-state index >= 15 is 0 Å². The summed E-state index contributed by atoms with van der Waals surface area (Å²) in [5.74, 6) is 0.762. The molecule has 1 aromatic carbocycles. The molecule has 2 N–H and O–H groups in total. The van der Waals surface area contributed by atoms with Gasteiger partial charge in [-0.15, -0.1) is 10.2 Å². The summed E-state index contributed by atoms with van der Waals surface area (Å²) < 4.78 is 5.07.